The van der Waals surface area contributed by atoms with Gasteiger partial charge in [-0.2, -0.15) is 0 Å². The van der Waals surface area contributed by atoms with Crippen LogP contribution in [0.5, 0.6) is 11.5 Å². The first-order valence-electron chi connectivity index (χ1n) is 7.35. The Labute approximate surface area is 127 Å². The number of rotatable bonds is 2. The van der Waals surface area contributed by atoms with Crippen LogP contribution in [0.25, 0.3) is 0 Å². The highest BCUT2D eigenvalue weighted by Crippen LogP contribution is 2.39. The highest BCUT2D eigenvalue weighted by atomic mass is 35.5. The molecule has 0 saturated carbocycles. The molecule has 112 valence electrons. The quantitative estimate of drug-likeness (QED) is 0.878. The van der Waals surface area contributed by atoms with E-state index in [9.17, 15) is 4.79 Å². The smallest absolute Gasteiger partial charge is 0.251 e. The van der Waals surface area contributed by atoms with E-state index < -0.39 is 0 Å². The first-order chi connectivity index (χ1) is 10.2. The summed E-state index contributed by atoms with van der Waals surface area (Å²) in [5.41, 5.74) is 0.523. The molecule has 1 aromatic rings. The number of amides is 1. The van der Waals surface area contributed by atoms with Gasteiger partial charge in [0.15, 0.2) is 11.5 Å². The average Bonchev–Trinajstić information content (AvgIpc) is 3.05. The molecule has 0 spiro atoms. The van der Waals surface area contributed by atoms with Crippen LogP contribution in [-0.4, -0.2) is 30.8 Å². The molecule has 0 radical (unpaired) electrons. The van der Waals surface area contributed by atoms with Gasteiger partial charge in [0.05, 0.1) is 5.02 Å². The Bertz CT molecular complexity index is 581. The highest BCUT2D eigenvalue weighted by Gasteiger charge is 2.34. The normalized spacial score (nSPS) is 29.5. The Morgan fingerprint density at radius 1 is 1.24 bits per heavy atom. The first kappa shape index (κ1) is 13.2. The van der Waals surface area contributed by atoms with Crippen LogP contribution in [0.1, 0.15) is 36.0 Å². The van der Waals surface area contributed by atoms with Crippen LogP contribution in [0.2, 0.25) is 5.02 Å². The van der Waals surface area contributed by atoms with E-state index in [2.05, 4.69) is 10.6 Å². The Hall–Kier alpha value is -1.46. The minimum atomic E-state index is -0.0958. The Morgan fingerprint density at radius 2 is 2.00 bits per heavy atom. The third-order valence-corrected chi connectivity index (χ3v) is 4.78. The summed E-state index contributed by atoms with van der Waals surface area (Å²) in [5.74, 6) is 0.965. The standard InChI is InChI=1S/C15H17ClN2O3/c16-12-3-8(4-13-14(12)21-7-20-13)15(19)18-11-5-9-1-2-10(6-11)17-9/h3-4,9-11,17H,1-2,5-7H2,(H,18,19). The van der Waals surface area contributed by atoms with Crippen LogP contribution in [0.3, 0.4) is 0 Å². The lowest BCUT2D eigenvalue weighted by Gasteiger charge is -2.29. The molecular weight excluding hydrogens is 292 g/mol. The van der Waals surface area contributed by atoms with Crippen molar-refractivity contribution in [1.82, 2.24) is 10.6 Å². The number of fused-ring (bicyclic) bond motifs is 3. The van der Waals surface area contributed by atoms with Crippen LogP contribution in [0.15, 0.2) is 12.1 Å². The van der Waals surface area contributed by atoms with Crippen molar-refractivity contribution in [3.63, 3.8) is 0 Å². The van der Waals surface area contributed by atoms with E-state index in [1.165, 1.54) is 12.8 Å². The molecule has 1 aromatic carbocycles. The van der Waals surface area contributed by atoms with E-state index in [0.717, 1.165) is 12.8 Å². The van der Waals surface area contributed by atoms with Gasteiger partial charge < -0.3 is 20.1 Å². The maximum Gasteiger partial charge on any atom is 0.251 e. The van der Waals surface area contributed by atoms with E-state index in [-0.39, 0.29) is 18.7 Å². The van der Waals surface area contributed by atoms with Gasteiger partial charge in [-0.25, -0.2) is 0 Å². The van der Waals surface area contributed by atoms with Crippen molar-refractivity contribution < 1.29 is 14.3 Å². The van der Waals surface area contributed by atoms with Gasteiger partial charge in [-0.15, -0.1) is 0 Å². The van der Waals surface area contributed by atoms with E-state index in [4.69, 9.17) is 21.1 Å². The van der Waals surface area contributed by atoms with Crippen LogP contribution in [-0.2, 0) is 0 Å². The van der Waals surface area contributed by atoms with Crippen molar-refractivity contribution in [1.29, 1.82) is 0 Å². The molecule has 2 N–H and O–H groups in total. The van der Waals surface area contributed by atoms with E-state index in [1.807, 2.05) is 0 Å². The molecule has 2 atom stereocenters. The molecule has 1 amide bonds. The Morgan fingerprint density at radius 3 is 2.76 bits per heavy atom. The summed E-state index contributed by atoms with van der Waals surface area (Å²) in [4.78, 5) is 12.4. The number of carbonyl (C=O) groups is 1. The second kappa shape index (κ2) is 5.07. The van der Waals surface area contributed by atoms with Crippen molar-refractivity contribution in [3.8, 4) is 11.5 Å². The molecule has 3 aliphatic heterocycles. The zero-order valence-electron chi connectivity index (χ0n) is 11.5. The maximum absolute atomic E-state index is 12.4. The average molecular weight is 309 g/mol. The molecule has 21 heavy (non-hydrogen) atoms. The predicted molar refractivity (Wildman–Crippen MR) is 78.0 cm³/mol. The Kier molecular flexibility index (Phi) is 3.19. The lowest BCUT2D eigenvalue weighted by Crippen LogP contribution is -2.48. The van der Waals surface area contributed by atoms with E-state index in [1.54, 1.807) is 12.1 Å². The SMILES string of the molecule is O=C(NC1CC2CCC(C1)N2)c1cc(Cl)c2c(c1)OCO2. The number of halogens is 1. The summed E-state index contributed by atoms with van der Waals surface area (Å²) >= 11 is 6.12. The molecular formula is C15H17ClN2O3. The lowest BCUT2D eigenvalue weighted by molar-refractivity contribution is 0.0923. The highest BCUT2D eigenvalue weighted by molar-refractivity contribution is 6.32. The van der Waals surface area contributed by atoms with Crippen LogP contribution in [0, 0.1) is 0 Å². The fraction of sp³-hybridized carbons (Fsp3) is 0.533. The predicted octanol–water partition coefficient (Wildman–Crippen LogP) is 2.08. The molecule has 2 fully saturated rings. The van der Waals surface area contributed by atoms with Gasteiger partial charge in [0.1, 0.15) is 0 Å². The van der Waals surface area contributed by atoms with E-state index in [0.29, 0.717) is 34.2 Å². The second-order valence-electron chi connectivity index (χ2n) is 5.97. The van der Waals surface area contributed by atoms with Gasteiger partial charge in [0.2, 0.25) is 6.79 Å². The van der Waals surface area contributed by atoms with Crippen LogP contribution >= 0.6 is 11.6 Å². The van der Waals surface area contributed by atoms with Gasteiger partial charge in [-0.3, -0.25) is 4.79 Å². The number of piperidine rings is 1. The zero-order chi connectivity index (χ0) is 14.4. The topological polar surface area (TPSA) is 59.6 Å². The summed E-state index contributed by atoms with van der Waals surface area (Å²) in [6, 6.07) is 4.67. The molecule has 2 saturated heterocycles. The van der Waals surface area contributed by atoms with Gasteiger partial charge in [-0.05, 0) is 37.8 Å². The van der Waals surface area contributed by atoms with E-state index >= 15 is 0 Å². The number of nitrogens with one attached hydrogen (secondary N) is 2. The molecule has 3 aliphatic rings. The molecule has 5 nitrogen and oxygen atoms in total. The van der Waals surface area contributed by atoms with Crippen molar-refractivity contribution in [2.24, 2.45) is 0 Å². The summed E-state index contributed by atoms with van der Waals surface area (Å²) in [6.07, 6.45) is 4.43. The largest absolute Gasteiger partial charge is 0.454 e. The summed E-state index contributed by atoms with van der Waals surface area (Å²) in [7, 11) is 0. The zero-order valence-corrected chi connectivity index (χ0v) is 12.3. The third kappa shape index (κ3) is 2.45. The van der Waals surface area contributed by atoms with Crippen molar-refractivity contribution >= 4 is 17.5 Å². The minimum absolute atomic E-state index is 0.0958. The molecule has 0 aromatic heterocycles. The summed E-state index contributed by atoms with van der Waals surface area (Å²) in [5, 5.41) is 7.11. The second-order valence-corrected chi connectivity index (χ2v) is 6.38. The van der Waals surface area contributed by atoms with Gasteiger partial charge in [0.25, 0.3) is 5.91 Å². The number of hydrogen-bond donors (Lipinski definition) is 2. The monoisotopic (exact) mass is 308 g/mol. The summed E-state index contributed by atoms with van der Waals surface area (Å²) < 4.78 is 10.6. The van der Waals surface area contributed by atoms with Crippen molar-refractivity contribution in [2.75, 3.05) is 6.79 Å². The molecule has 2 bridgehead atoms. The minimum Gasteiger partial charge on any atom is -0.454 e. The molecule has 3 heterocycles. The number of benzene rings is 1. The Balaban J connectivity index is 1.49. The van der Waals surface area contributed by atoms with Crippen molar-refractivity contribution in [3.05, 3.63) is 22.7 Å². The molecule has 2 unspecified atom stereocenters. The molecule has 4 rings (SSSR count). The fourth-order valence-corrected chi connectivity index (χ4v) is 3.81. The van der Waals surface area contributed by atoms with Crippen molar-refractivity contribution in [2.45, 2.75) is 43.8 Å². The third-order valence-electron chi connectivity index (χ3n) is 4.50. The molecule has 6 heteroatoms. The first-order valence-corrected chi connectivity index (χ1v) is 7.73. The lowest BCUT2D eigenvalue weighted by atomic mass is 9.99. The number of hydrogen-bond acceptors (Lipinski definition) is 4. The fourth-order valence-electron chi connectivity index (χ4n) is 3.54. The maximum atomic E-state index is 12.4. The van der Waals surface area contributed by atoms with Gasteiger partial charge in [-0.1, -0.05) is 11.6 Å². The molecule has 0 aliphatic carbocycles. The van der Waals surface area contributed by atoms with Gasteiger partial charge in [0, 0.05) is 23.7 Å². The number of ether oxygens (including phenoxy) is 2. The summed E-state index contributed by atoms with van der Waals surface area (Å²) in [6.45, 7) is 0.151. The number of carbonyl (C=O) groups excluding carboxylic acids is 1. The van der Waals surface area contributed by atoms with Crippen LogP contribution < -0.4 is 20.1 Å². The van der Waals surface area contributed by atoms with Crippen LogP contribution in [0.4, 0.5) is 0 Å². The van der Waals surface area contributed by atoms with Gasteiger partial charge >= 0.3 is 0 Å².